The van der Waals surface area contributed by atoms with E-state index in [1.807, 2.05) is 6.20 Å². The minimum absolute atomic E-state index is 1.15. The number of halogens is 1. The predicted octanol–water partition coefficient (Wildman–Crippen LogP) is 3.81. The van der Waals surface area contributed by atoms with Gasteiger partial charge in [0, 0.05) is 16.0 Å². The second kappa shape index (κ2) is 3.07. The molecule has 0 aliphatic rings. The summed E-state index contributed by atoms with van der Waals surface area (Å²) < 4.78 is 1.15. The molecule has 0 saturated heterocycles. The van der Waals surface area contributed by atoms with Crippen molar-refractivity contribution in [2.45, 2.75) is 6.92 Å². The normalized spacial score (nSPS) is 10.5. The van der Waals surface area contributed by atoms with Crippen LogP contribution < -0.4 is 0 Å². The average Bonchev–Trinajstić information content (AvgIpc) is 2.58. The van der Waals surface area contributed by atoms with Crippen LogP contribution in [0.4, 0.5) is 0 Å². The number of thiophene rings is 1. The third-order valence-electron chi connectivity index (χ3n) is 1.66. The highest BCUT2D eigenvalue weighted by molar-refractivity contribution is 9.10. The third-order valence-corrected chi connectivity index (χ3v) is 3.38. The number of aryl methyl sites for hydroxylation is 1. The van der Waals surface area contributed by atoms with E-state index in [0.717, 1.165) is 4.47 Å². The molecule has 0 aromatic carbocycles. The molecule has 2 aromatic rings. The van der Waals surface area contributed by atoms with E-state index in [4.69, 9.17) is 0 Å². The largest absolute Gasteiger partial charge is 0.360 e. The third kappa shape index (κ3) is 1.47. The number of H-pyrrole nitrogens is 1. The molecule has 3 heteroatoms. The first-order valence-electron chi connectivity index (χ1n) is 3.65. The average molecular weight is 242 g/mol. The Labute approximate surface area is 83.6 Å². The van der Waals surface area contributed by atoms with Gasteiger partial charge in [-0.05, 0) is 40.5 Å². The van der Waals surface area contributed by atoms with Gasteiger partial charge in [0.05, 0.1) is 10.6 Å². The molecule has 0 aliphatic carbocycles. The molecule has 2 rings (SSSR count). The van der Waals surface area contributed by atoms with Crippen molar-refractivity contribution in [3.63, 3.8) is 0 Å². The van der Waals surface area contributed by atoms with Crippen molar-refractivity contribution >= 4 is 27.3 Å². The van der Waals surface area contributed by atoms with Crippen molar-refractivity contribution in [2.24, 2.45) is 0 Å². The fourth-order valence-electron chi connectivity index (χ4n) is 1.10. The fraction of sp³-hybridized carbons (Fsp3) is 0.111. The summed E-state index contributed by atoms with van der Waals surface area (Å²) in [7, 11) is 0. The van der Waals surface area contributed by atoms with Crippen LogP contribution >= 0.6 is 27.3 Å². The smallest absolute Gasteiger partial charge is 0.0558 e. The van der Waals surface area contributed by atoms with E-state index in [1.165, 1.54) is 16.1 Å². The Bertz CT molecular complexity index is 350. The number of hydrogen-bond donors (Lipinski definition) is 1. The molecule has 0 radical (unpaired) electrons. The maximum atomic E-state index is 3.43. The van der Waals surface area contributed by atoms with E-state index in [1.54, 1.807) is 11.3 Å². The standard InChI is InChI=1S/C9H8BrNS/c1-6-2-8(11-4-6)9-3-7(10)5-12-9/h2-5,11H,1H3. The lowest BCUT2D eigenvalue weighted by molar-refractivity contribution is 1.39. The number of rotatable bonds is 1. The summed E-state index contributed by atoms with van der Waals surface area (Å²) in [5, 5.41) is 2.09. The minimum atomic E-state index is 1.15. The molecule has 0 aliphatic heterocycles. The van der Waals surface area contributed by atoms with Crippen LogP contribution in [-0.4, -0.2) is 4.98 Å². The molecule has 0 unspecified atom stereocenters. The molecule has 2 aromatic heterocycles. The van der Waals surface area contributed by atoms with Gasteiger partial charge in [-0.15, -0.1) is 11.3 Å². The zero-order valence-electron chi connectivity index (χ0n) is 6.60. The lowest BCUT2D eigenvalue weighted by atomic mass is 10.3. The summed E-state index contributed by atoms with van der Waals surface area (Å²) in [6, 6.07) is 4.27. The Morgan fingerprint density at radius 1 is 1.42 bits per heavy atom. The van der Waals surface area contributed by atoms with Crippen LogP contribution in [-0.2, 0) is 0 Å². The maximum absolute atomic E-state index is 3.43. The van der Waals surface area contributed by atoms with Crippen molar-refractivity contribution in [3.8, 4) is 10.6 Å². The van der Waals surface area contributed by atoms with E-state index < -0.39 is 0 Å². The van der Waals surface area contributed by atoms with E-state index in [9.17, 15) is 0 Å². The molecule has 0 atom stereocenters. The van der Waals surface area contributed by atoms with Gasteiger partial charge >= 0.3 is 0 Å². The van der Waals surface area contributed by atoms with Crippen LogP contribution in [0.3, 0.4) is 0 Å². The molecule has 12 heavy (non-hydrogen) atoms. The summed E-state index contributed by atoms with van der Waals surface area (Å²) in [6.45, 7) is 2.09. The highest BCUT2D eigenvalue weighted by Crippen LogP contribution is 2.29. The summed E-state index contributed by atoms with van der Waals surface area (Å²) >= 11 is 5.17. The highest BCUT2D eigenvalue weighted by Gasteiger charge is 2.01. The molecular formula is C9H8BrNS. The first-order chi connectivity index (χ1) is 5.75. The van der Waals surface area contributed by atoms with Gasteiger partial charge in [0.15, 0.2) is 0 Å². The number of aromatic nitrogens is 1. The first-order valence-corrected chi connectivity index (χ1v) is 5.32. The van der Waals surface area contributed by atoms with Crippen molar-refractivity contribution < 1.29 is 0 Å². The summed E-state index contributed by atoms with van der Waals surface area (Å²) in [5.41, 5.74) is 2.47. The van der Waals surface area contributed by atoms with Gasteiger partial charge < -0.3 is 4.98 Å². The maximum Gasteiger partial charge on any atom is 0.0558 e. The SMILES string of the molecule is Cc1c[nH]c(-c2cc(Br)cs2)c1. The Balaban J connectivity index is 2.43. The highest BCUT2D eigenvalue weighted by atomic mass is 79.9. The van der Waals surface area contributed by atoms with Crippen LogP contribution in [0.5, 0.6) is 0 Å². The number of hydrogen-bond acceptors (Lipinski definition) is 1. The molecule has 0 amide bonds. The lowest BCUT2D eigenvalue weighted by Crippen LogP contribution is -1.66. The van der Waals surface area contributed by atoms with E-state index in [0.29, 0.717) is 0 Å². The van der Waals surface area contributed by atoms with Gasteiger partial charge in [-0.3, -0.25) is 0 Å². The van der Waals surface area contributed by atoms with Gasteiger partial charge in [-0.25, -0.2) is 0 Å². The second-order valence-corrected chi connectivity index (χ2v) is 4.55. The van der Waals surface area contributed by atoms with E-state index in [2.05, 4.69) is 45.4 Å². The van der Waals surface area contributed by atoms with Crippen LogP contribution in [0.15, 0.2) is 28.2 Å². The predicted molar refractivity (Wildman–Crippen MR) is 56.5 cm³/mol. The molecular weight excluding hydrogens is 234 g/mol. The van der Waals surface area contributed by atoms with Crippen molar-refractivity contribution in [3.05, 3.63) is 33.7 Å². The quantitative estimate of drug-likeness (QED) is 0.782. The summed E-state index contributed by atoms with van der Waals surface area (Å²) in [5.74, 6) is 0. The van der Waals surface area contributed by atoms with Crippen LogP contribution in [0.1, 0.15) is 5.56 Å². The van der Waals surface area contributed by atoms with Gasteiger partial charge in [-0.2, -0.15) is 0 Å². The van der Waals surface area contributed by atoms with E-state index >= 15 is 0 Å². The zero-order chi connectivity index (χ0) is 8.55. The molecule has 62 valence electrons. The zero-order valence-corrected chi connectivity index (χ0v) is 9.00. The molecule has 0 saturated carbocycles. The van der Waals surface area contributed by atoms with Crippen LogP contribution in [0.2, 0.25) is 0 Å². The first kappa shape index (κ1) is 8.08. The van der Waals surface area contributed by atoms with Crippen molar-refractivity contribution in [2.75, 3.05) is 0 Å². The van der Waals surface area contributed by atoms with E-state index in [-0.39, 0.29) is 0 Å². The Morgan fingerprint density at radius 3 is 2.75 bits per heavy atom. The van der Waals surface area contributed by atoms with Gasteiger partial charge in [-0.1, -0.05) is 0 Å². The van der Waals surface area contributed by atoms with Crippen LogP contribution in [0, 0.1) is 6.92 Å². The van der Waals surface area contributed by atoms with Crippen molar-refractivity contribution in [1.29, 1.82) is 0 Å². The monoisotopic (exact) mass is 241 g/mol. The minimum Gasteiger partial charge on any atom is -0.360 e. The topological polar surface area (TPSA) is 15.8 Å². The Morgan fingerprint density at radius 2 is 2.25 bits per heavy atom. The molecule has 0 spiro atoms. The molecule has 0 fully saturated rings. The van der Waals surface area contributed by atoms with Crippen LogP contribution in [0.25, 0.3) is 10.6 Å². The Kier molecular flexibility index (Phi) is 2.07. The van der Waals surface area contributed by atoms with Crippen molar-refractivity contribution in [1.82, 2.24) is 4.98 Å². The second-order valence-electron chi connectivity index (χ2n) is 2.72. The van der Waals surface area contributed by atoms with Gasteiger partial charge in [0.25, 0.3) is 0 Å². The number of nitrogens with one attached hydrogen (secondary N) is 1. The summed E-state index contributed by atoms with van der Waals surface area (Å²) in [6.07, 6.45) is 2.02. The molecule has 2 heterocycles. The molecule has 0 bridgehead atoms. The molecule has 1 nitrogen and oxygen atoms in total. The summed E-state index contributed by atoms with van der Waals surface area (Å²) in [4.78, 5) is 4.50. The van der Waals surface area contributed by atoms with Gasteiger partial charge in [0.1, 0.15) is 0 Å². The lowest BCUT2D eigenvalue weighted by Gasteiger charge is -1.87. The Hall–Kier alpha value is -0.540. The fourth-order valence-corrected chi connectivity index (χ4v) is 2.51. The number of aromatic amines is 1. The van der Waals surface area contributed by atoms with Gasteiger partial charge in [0.2, 0.25) is 0 Å². The molecule has 1 N–H and O–H groups in total.